The first kappa shape index (κ1) is 30.9. The maximum absolute atomic E-state index is 2.76. The van der Waals surface area contributed by atoms with Crippen molar-refractivity contribution in [1.29, 1.82) is 0 Å². The Morgan fingerprint density at radius 3 is 0.714 bits per heavy atom. The topological polar surface area (TPSA) is 0 Å². The molecule has 0 aliphatic rings. The van der Waals surface area contributed by atoms with Crippen molar-refractivity contribution in [2.75, 3.05) is 0 Å². The van der Waals surface area contributed by atoms with Crippen molar-refractivity contribution in [3.63, 3.8) is 0 Å². The molecule has 7 heteroatoms. The van der Waals surface area contributed by atoms with Crippen LogP contribution in [0.4, 0.5) is 0 Å². The fourth-order valence-electron chi connectivity index (χ4n) is 0. The second-order valence-electron chi connectivity index (χ2n) is 0. The molecule has 0 saturated heterocycles. The summed E-state index contributed by atoms with van der Waals surface area (Å²) in [5.74, 6) is 0. The summed E-state index contributed by atoms with van der Waals surface area (Å²) < 4.78 is 0. The van der Waals surface area contributed by atoms with Gasteiger partial charge in [0.1, 0.15) is 0 Å². The van der Waals surface area contributed by atoms with Gasteiger partial charge in [-0.2, -0.15) is 0 Å². The van der Waals surface area contributed by atoms with Crippen LogP contribution in [0.25, 0.3) is 0 Å². The zero-order valence-electron chi connectivity index (χ0n) is 2.58. The Labute approximate surface area is 110 Å². The van der Waals surface area contributed by atoms with Gasteiger partial charge in [-0.25, -0.2) is 0 Å². The molecule has 0 N–H and O–H groups in total. The molecule has 7 heavy (non-hydrogen) atoms. The standard InChI is InChI=1S/2Ag.2BrH.2ClH.HI/h;;5*1H/q2*+1;;;;;/p-2. The summed E-state index contributed by atoms with van der Waals surface area (Å²) >= 11 is 11.0. The molecule has 0 bridgehead atoms. The molecule has 0 aliphatic heterocycles. The predicted octanol–water partition coefficient (Wildman–Crippen LogP) is 3.15. The van der Waals surface area contributed by atoms with Crippen LogP contribution in [0.15, 0.2) is 0 Å². The second kappa shape index (κ2) is 53.1. The molecule has 0 saturated carbocycles. The van der Waals surface area contributed by atoms with E-state index in [1.165, 1.54) is 0 Å². The number of hydrogen-bond donors (Lipinski definition) is 0. The van der Waals surface area contributed by atoms with Gasteiger partial charge in [-0.3, -0.25) is 0 Å². The van der Waals surface area contributed by atoms with Crippen molar-refractivity contribution >= 4 is 74.8 Å². The van der Waals surface area contributed by atoms with Crippen LogP contribution in [0.3, 0.4) is 0 Å². The van der Waals surface area contributed by atoms with Gasteiger partial charge in [-0.15, -0.1) is 48.8 Å². The van der Waals surface area contributed by atoms with Crippen LogP contribution < -0.4 is 0 Å². The van der Waals surface area contributed by atoms with E-state index in [1.54, 1.807) is 0 Å². The van der Waals surface area contributed by atoms with Gasteiger partial charge >= 0.3 is 63.9 Å². The Morgan fingerprint density at radius 1 is 0.714 bits per heavy atom. The van der Waals surface area contributed by atoms with Crippen molar-refractivity contribution in [2.45, 2.75) is 0 Å². The molecule has 60 valence electrons. The molecular formula is H3Ag2Br2Cl2I. The first-order valence-electron chi connectivity index (χ1n) is 0.228. The van der Waals surface area contributed by atoms with E-state index in [-0.39, 0.29) is 48.8 Å². The third-order valence-electron chi connectivity index (χ3n) is 0. The van der Waals surface area contributed by atoms with Gasteiger partial charge in [0.15, 0.2) is 0 Å². The van der Waals surface area contributed by atoms with Crippen molar-refractivity contribution in [3.05, 3.63) is 0 Å². The molecule has 0 rings (SSSR count). The summed E-state index contributed by atoms with van der Waals surface area (Å²) in [7, 11) is 0. The Morgan fingerprint density at radius 2 is 0.714 bits per heavy atom. The molecule has 0 spiro atoms. The quantitative estimate of drug-likeness (QED) is 0.307. The Hall–Kier alpha value is 3.75. The van der Waals surface area contributed by atoms with Crippen molar-refractivity contribution < 1.29 is 37.9 Å². The first-order chi connectivity index (χ1) is 2.00. The summed E-state index contributed by atoms with van der Waals surface area (Å²) in [5.41, 5.74) is 0. The van der Waals surface area contributed by atoms with Crippen LogP contribution in [0, 0.1) is 0 Å². The van der Waals surface area contributed by atoms with E-state index in [0.717, 1.165) is 0 Å². The summed E-state index contributed by atoms with van der Waals surface area (Å²) in [5, 5.41) is 0. The van der Waals surface area contributed by atoms with E-state index in [1.807, 2.05) is 0 Å². The average Bonchev–Trinajstić information content (AvgIpc) is 1.50. The normalized spacial score (nSPS) is 2.00. The summed E-state index contributed by atoms with van der Waals surface area (Å²) in [6, 6.07) is 0. The molecule has 0 atom stereocenters. The molecule has 0 aliphatic carbocycles. The third kappa shape index (κ3) is 41.6. The van der Waals surface area contributed by atoms with E-state index < -0.39 is 0 Å². The van der Waals surface area contributed by atoms with Gasteiger partial charge in [0.2, 0.25) is 0 Å². The molecule has 0 aromatic heterocycles. The van der Waals surface area contributed by atoms with Gasteiger partial charge in [0.05, 0.1) is 0 Å². The van der Waals surface area contributed by atoms with Gasteiger partial charge in [-0.1, -0.05) is 0 Å². The van der Waals surface area contributed by atoms with Gasteiger partial charge < -0.3 is 0 Å². The predicted molar refractivity (Wildman–Crippen MR) is 47.8 cm³/mol. The molecule has 0 aromatic rings. The third-order valence-corrected chi connectivity index (χ3v) is 0. The van der Waals surface area contributed by atoms with E-state index in [2.05, 4.69) is 63.9 Å². The zero-order valence-corrected chi connectivity index (χ0v) is 12.7. The monoisotopic (exact) mass is 572 g/mol. The average molecular weight is 576 g/mol. The molecular weight excluding hydrogens is 573 g/mol. The number of halogens is 5. The Balaban J connectivity index is -0.00000000267. The molecule has 0 nitrogen and oxygen atoms in total. The van der Waals surface area contributed by atoms with Crippen molar-refractivity contribution in [1.82, 2.24) is 0 Å². The molecule has 0 aromatic carbocycles. The molecule has 0 amide bonds. The second-order valence-corrected chi connectivity index (χ2v) is 0. The zero-order chi connectivity index (χ0) is 4.00. The van der Waals surface area contributed by atoms with E-state index in [4.69, 9.17) is 0 Å². The van der Waals surface area contributed by atoms with Crippen molar-refractivity contribution in [3.8, 4) is 0 Å². The summed E-state index contributed by atoms with van der Waals surface area (Å²) in [6.45, 7) is 0. The van der Waals surface area contributed by atoms with Crippen LogP contribution in [-0.2, 0) is 37.9 Å². The molecule has 0 fully saturated rings. The van der Waals surface area contributed by atoms with Crippen LogP contribution in [0.2, 0.25) is 0 Å². The van der Waals surface area contributed by atoms with E-state index in [0.29, 0.717) is 0 Å². The number of rotatable bonds is 0. The molecule has 0 unspecified atom stereocenters. The maximum atomic E-state index is 2.76. The fourth-order valence-corrected chi connectivity index (χ4v) is 0. The summed E-state index contributed by atoms with van der Waals surface area (Å²) in [4.78, 5) is 0. The minimum atomic E-state index is 0. The van der Waals surface area contributed by atoms with Gasteiger partial charge in [-0.05, 0) is 0 Å². The van der Waals surface area contributed by atoms with Crippen LogP contribution in [0.5, 0.6) is 0 Å². The van der Waals surface area contributed by atoms with Crippen molar-refractivity contribution in [2.24, 2.45) is 0 Å². The van der Waals surface area contributed by atoms with E-state index >= 15 is 0 Å². The SMILES string of the molecule is Cl.Cl.I.[Br][Ag].[Br][Ag]. The Kier molecular flexibility index (Phi) is 234. The Bertz CT molecular complexity index is 13.7. The van der Waals surface area contributed by atoms with E-state index in [9.17, 15) is 0 Å². The molecule has 0 heterocycles. The fraction of sp³-hybridized carbons (Fsp3) is 0. The first-order valence-corrected chi connectivity index (χ1v) is 7.01. The molecule has 0 radical (unpaired) electrons. The minimum absolute atomic E-state index is 0. The number of hydrogen-bond acceptors (Lipinski definition) is 0. The van der Waals surface area contributed by atoms with Crippen LogP contribution in [0.1, 0.15) is 0 Å². The van der Waals surface area contributed by atoms with Crippen LogP contribution in [-0.4, -0.2) is 0 Å². The van der Waals surface area contributed by atoms with Gasteiger partial charge in [0, 0.05) is 0 Å². The van der Waals surface area contributed by atoms with Crippen LogP contribution >= 0.6 is 74.8 Å². The van der Waals surface area contributed by atoms with Gasteiger partial charge in [0.25, 0.3) is 0 Å². The summed E-state index contributed by atoms with van der Waals surface area (Å²) in [6.07, 6.45) is 0.